The van der Waals surface area contributed by atoms with E-state index in [1.807, 2.05) is 0 Å². The number of halogens is 2. The van der Waals surface area contributed by atoms with Crippen LogP contribution in [0.2, 0.25) is 0 Å². The summed E-state index contributed by atoms with van der Waals surface area (Å²) in [7, 11) is 0. The highest BCUT2D eigenvalue weighted by atomic mass is 35.9. The third-order valence-electron chi connectivity index (χ3n) is 0.283. The quantitative estimate of drug-likeness (QED) is 0.580. The second-order valence-corrected chi connectivity index (χ2v) is 5.35. The Morgan fingerprint density at radius 3 is 2.43 bits per heavy atom. The van der Waals surface area contributed by atoms with E-state index in [2.05, 4.69) is 15.8 Å². The third kappa shape index (κ3) is 6.77. The first-order chi connectivity index (χ1) is 3.06. The molecule has 1 atom stereocenters. The highest BCUT2D eigenvalue weighted by molar-refractivity contribution is 7.79. The van der Waals surface area contributed by atoms with Crippen LogP contribution in [0.5, 0.6) is 0 Å². The lowest BCUT2D eigenvalue weighted by Gasteiger charge is -1.87. The van der Waals surface area contributed by atoms with Crippen LogP contribution in [0.15, 0.2) is 0 Å². The maximum absolute atomic E-state index is 10.2. The number of rotatable bonds is 2. The second kappa shape index (κ2) is 2.93. The fraction of sp³-hybridized carbons (Fsp3) is 1.00. The Morgan fingerprint density at radius 2 is 2.43 bits per heavy atom. The smallest absolute Gasteiger partial charge is 0.272 e. The Bertz CT molecular complexity index is 87.7. The molecule has 1 unspecified atom stereocenters. The van der Waals surface area contributed by atoms with Gasteiger partial charge >= 0.3 is 6.07 Å². The topological polar surface area (TPSA) is 26.3 Å². The van der Waals surface area contributed by atoms with Gasteiger partial charge in [-0.05, 0) is 6.92 Å². The van der Waals surface area contributed by atoms with E-state index in [4.69, 9.17) is 11.2 Å². The molecule has 44 valence electrons. The second-order valence-electron chi connectivity index (χ2n) is 0.848. The Kier molecular flexibility index (Phi) is 3.25. The van der Waals surface area contributed by atoms with Crippen molar-refractivity contribution in [3.8, 4) is 0 Å². The van der Waals surface area contributed by atoms with Gasteiger partial charge in [-0.2, -0.15) is 0 Å². The third-order valence-corrected chi connectivity index (χ3v) is 1.46. The van der Waals surface area contributed by atoms with E-state index >= 15 is 0 Å². The Labute approximate surface area is 51.8 Å². The van der Waals surface area contributed by atoms with Crippen molar-refractivity contribution in [3.05, 3.63) is 0 Å². The molecular formula is C2H6Cl2O2P+. The van der Waals surface area contributed by atoms with Gasteiger partial charge in [-0.1, -0.05) is 0 Å². The Balaban J connectivity index is 3.36. The lowest BCUT2D eigenvalue weighted by Crippen LogP contribution is -1.77. The SMILES string of the molecule is CCOP(=O)(Cl)[ClH+]. The molecule has 0 spiro atoms. The molecule has 0 aliphatic rings. The summed E-state index contributed by atoms with van der Waals surface area (Å²) in [6.45, 7) is 1.99. The highest BCUT2D eigenvalue weighted by Crippen LogP contribution is 2.49. The Morgan fingerprint density at radius 1 is 2.00 bits per heavy atom. The molecule has 0 aromatic heterocycles. The first kappa shape index (κ1) is 7.77. The van der Waals surface area contributed by atoms with Crippen molar-refractivity contribution >= 4 is 17.3 Å². The van der Waals surface area contributed by atoms with Crippen molar-refractivity contribution in [2.24, 2.45) is 0 Å². The fourth-order valence-electron chi connectivity index (χ4n) is 0.154. The molecule has 0 fully saturated rings. The van der Waals surface area contributed by atoms with E-state index in [1.54, 1.807) is 6.92 Å². The summed E-state index contributed by atoms with van der Waals surface area (Å²) < 4.78 is 14.5. The van der Waals surface area contributed by atoms with E-state index in [-0.39, 0.29) is 0 Å². The van der Waals surface area contributed by atoms with Gasteiger partial charge in [0, 0.05) is 11.2 Å². The van der Waals surface area contributed by atoms with Gasteiger partial charge in [-0.3, -0.25) is 4.52 Å². The van der Waals surface area contributed by atoms with Gasteiger partial charge in [0.25, 0.3) is 0 Å². The maximum atomic E-state index is 10.2. The Hall–Kier alpha value is 0.770. The van der Waals surface area contributed by atoms with Crippen LogP contribution in [0.1, 0.15) is 6.92 Å². The lowest BCUT2D eigenvalue weighted by atomic mass is 10.9. The standard InChI is InChI=1S/C2H6Cl2O2P/c1-2-6-7(3,4)5/h3H,2H2,1H3/q+1. The van der Waals surface area contributed by atoms with Gasteiger partial charge in [-0.25, -0.2) is 4.57 Å². The van der Waals surface area contributed by atoms with Crippen molar-refractivity contribution < 1.29 is 20.3 Å². The van der Waals surface area contributed by atoms with Gasteiger partial charge in [0.2, 0.25) is 11.2 Å². The van der Waals surface area contributed by atoms with Crippen molar-refractivity contribution in [2.75, 3.05) is 6.61 Å². The van der Waals surface area contributed by atoms with Crippen LogP contribution in [0.25, 0.3) is 0 Å². The molecule has 0 aromatic carbocycles. The van der Waals surface area contributed by atoms with Crippen molar-refractivity contribution in [1.82, 2.24) is 0 Å². The molecule has 0 saturated carbocycles. The molecule has 0 bridgehead atoms. The average molecular weight is 164 g/mol. The number of hydrogen-bond donors (Lipinski definition) is 0. The van der Waals surface area contributed by atoms with Gasteiger partial charge in [0.05, 0.1) is 6.61 Å². The van der Waals surface area contributed by atoms with Gasteiger partial charge in [-0.15, -0.1) is 0 Å². The van der Waals surface area contributed by atoms with Crippen LogP contribution in [0.4, 0.5) is 0 Å². The molecule has 0 aliphatic heterocycles. The average Bonchev–Trinajstić information content (AvgIpc) is 1.30. The molecule has 0 rings (SSSR count). The van der Waals surface area contributed by atoms with Gasteiger partial charge in [0.1, 0.15) is 0 Å². The van der Waals surface area contributed by atoms with Crippen molar-refractivity contribution in [1.29, 1.82) is 0 Å². The van der Waals surface area contributed by atoms with Crippen molar-refractivity contribution in [3.63, 3.8) is 0 Å². The largest absolute Gasteiger partial charge is 0.559 e. The van der Waals surface area contributed by atoms with Crippen LogP contribution in [-0.2, 0) is 9.09 Å². The normalized spacial score (nSPS) is 18.7. The predicted molar refractivity (Wildman–Crippen MR) is 26.5 cm³/mol. The van der Waals surface area contributed by atoms with Crippen LogP contribution in [0.3, 0.4) is 0 Å². The first-order valence-electron chi connectivity index (χ1n) is 1.71. The number of hydrogen-bond acceptors (Lipinski definition) is 2. The maximum Gasteiger partial charge on any atom is 0.559 e. The summed E-state index contributed by atoms with van der Waals surface area (Å²) >= 11 is 9.16. The molecule has 0 saturated heterocycles. The van der Waals surface area contributed by atoms with E-state index < -0.39 is 6.07 Å². The summed E-state index contributed by atoms with van der Waals surface area (Å²) in [5.41, 5.74) is 0. The van der Waals surface area contributed by atoms with Crippen LogP contribution in [0, 0.1) is 11.2 Å². The first-order valence-corrected chi connectivity index (χ1v) is 5.26. The molecule has 0 amide bonds. The zero-order chi connectivity index (χ0) is 5.91. The minimum atomic E-state index is -3.11. The minimum Gasteiger partial charge on any atom is -0.272 e. The molecule has 5 heteroatoms. The summed E-state index contributed by atoms with van der Waals surface area (Å²) in [5, 5.41) is 0. The molecular weight excluding hydrogens is 158 g/mol. The molecule has 2 nitrogen and oxygen atoms in total. The fourth-order valence-corrected chi connectivity index (χ4v) is 1.07. The summed E-state index contributed by atoms with van der Waals surface area (Å²) in [6.07, 6.45) is -3.11. The van der Waals surface area contributed by atoms with E-state index in [1.165, 1.54) is 0 Å². The summed E-state index contributed by atoms with van der Waals surface area (Å²) in [4.78, 5) is 0. The summed E-state index contributed by atoms with van der Waals surface area (Å²) in [6, 6.07) is 0. The zero-order valence-corrected chi connectivity index (χ0v) is 6.22. The van der Waals surface area contributed by atoms with Crippen LogP contribution < -0.4 is 0 Å². The van der Waals surface area contributed by atoms with Crippen molar-refractivity contribution in [2.45, 2.75) is 6.92 Å². The minimum absolute atomic E-state index is 0.310. The van der Waals surface area contributed by atoms with E-state index in [0.717, 1.165) is 0 Å². The van der Waals surface area contributed by atoms with E-state index in [0.29, 0.717) is 6.61 Å². The van der Waals surface area contributed by atoms with Crippen LogP contribution >= 0.6 is 17.3 Å². The predicted octanol–water partition coefficient (Wildman–Crippen LogP) is 1.65. The van der Waals surface area contributed by atoms with Gasteiger partial charge < -0.3 is 0 Å². The molecule has 0 N–H and O–H groups in total. The van der Waals surface area contributed by atoms with Crippen LogP contribution in [-0.4, -0.2) is 6.61 Å². The van der Waals surface area contributed by atoms with E-state index in [9.17, 15) is 4.57 Å². The molecule has 7 heavy (non-hydrogen) atoms. The lowest BCUT2D eigenvalue weighted by molar-refractivity contribution is -0.190. The van der Waals surface area contributed by atoms with Gasteiger partial charge in [0.15, 0.2) is 0 Å². The zero-order valence-electron chi connectivity index (χ0n) is 3.76. The molecule has 0 radical (unpaired) electrons. The molecule has 0 aromatic rings. The molecule has 0 aliphatic carbocycles. The summed E-state index contributed by atoms with van der Waals surface area (Å²) in [5.74, 6) is 0. The highest BCUT2D eigenvalue weighted by Gasteiger charge is 2.23. The monoisotopic (exact) mass is 163 g/mol. The molecule has 0 heterocycles.